The summed E-state index contributed by atoms with van der Waals surface area (Å²) in [6, 6.07) is 8.25. The zero-order valence-corrected chi connectivity index (χ0v) is 12.7. The van der Waals surface area contributed by atoms with Gasteiger partial charge in [-0.3, -0.25) is 4.90 Å². The molecule has 1 aromatic rings. The van der Waals surface area contributed by atoms with Crippen LogP contribution in [0.4, 0.5) is 0 Å². The number of likely N-dealkylation sites (tertiary alicyclic amines) is 1. The number of halogens is 1. The van der Waals surface area contributed by atoms with E-state index in [1.165, 1.54) is 12.8 Å². The maximum atomic E-state index is 10.3. The predicted octanol–water partition coefficient (Wildman–Crippen LogP) is 2.72. The molecule has 0 amide bonds. The molecule has 3 nitrogen and oxygen atoms in total. The molecule has 0 aliphatic carbocycles. The highest BCUT2D eigenvalue weighted by atomic mass is 79.9. The number of benzene rings is 1. The second-order valence-corrected chi connectivity index (χ2v) is 6.14. The summed E-state index contributed by atoms with van der Waals surface area (Å²) >= 11 is 3.40. The predicted molar refractivity (Wildman–Crippen MR) is 80.0 cm³/mol. The number of rotatable bonds is 5. The van der Waals surface area contributed by atoms with Crippen molar-refractivity contribution in [1.29, 1.82) is 0 Å². The van der Waals surface area contributed by atoms with Gasteiger partial charge in [0.2, 0.25) is 0 Å². The Bertz CT molecular complexity index is 380. The van der Waals surface area contributed by atoms with Crippen molar-refractivity contribution >= 4 is 15.9 Å². The lowest BCUT2D eigenvalue weighted by molar-refractivity contribution is 0.0565. The molecule has 1 aliphatic heterocycles. The number of piperidine rings is 1. The molecule has 2 N–H and O–H groups in total. The number of β-amino-alcohol motifs (C(OH)–C–C–N with tert-alkyl or cyclic N) is 1. The molecule has 1 aromatic carbocycles. The molecule has 0 aromatic heterocycles. The van der Waals surface area contributed by atoms with Crippen LogP contribution in [-0.4, -0.2) is 40.9 Å². The summed E-state index contributed by atoms with van der Waals surface area (Å²) < 4.78 is 1.03. The van der Waals surface area contributed by atoms with Crippen LogP contribution in [0.1, 0.15) is 37.4 Å². The van der Waals surface area contributed by atoms with E-state index in [4.69, 9.17) is 5.11 Å². The maximum absolute atomic E-state index is 10.3. The number of nitrogens with zero attached hydrogens (tertiary/aromatic N) is 1. The van der Waals surface area contributed by atoms with Gasteiger partial charge in [-0.2, -0.15) is 0 Å². The summed E-state index contributed by atoms with van der Waals surface area (Å²) in [5.41, 5.74) is 0.955. The zero-order chi connectivity index (χ0) is 13.7. The van der Waals surface area contributed by atoms with Crippen LogP contribution >= 0.6 is 15.9 Å². The van der Waals surface area contributed by atoms with E-state index >= 15 is 0 Å². The van der Waals surface area contributed by atoms with Crippen LogP contribution < -0.4 is 0 Å². The van der Waals surface area contributed by atoms with Gasteiger partial charge in [-0.15, -0.1) is 0 Å². The topological polar surface area (TPSA) is 43.7 Å². The summed E-state index contributed by atoms with van der Waals surface area (Å²) in [7, 11) is 0. The molecule has 0 unspecified atom stereocenters. The molecule has 1 fully saturated rings. The summed E-state index contributed by atoms with van der Waals surface area (Å²) in [4.78, 5) is 2.33. The standard InChI is InChI=1S/C15H22BrNO2/c16-13-6-4-12(5-7-13)15(19)11-17-9-2-1-3-14(17)8-10-18/h4-7,14-15,18-19H,1-3,8-11H2/t14-,15-/m1/s1. The Morgan fingerprint density at radius 3 is 2.68 bits per heavy atom. The minimum absolute atomic E-state index is 0.232. The third kappa shape index (κ3) is 4.28. The Labute approximate surface area is 123 Å². The number of aliphatic hydroxyl groups excluding tert-OH is 2. The molecule has 1 saturated heterocycles. The van der Waals surface area contributed by atoms with Crippen LogP contribution in [0, 0.1) is 0 Å². The van der Waals surface area contributed by atoms with E-state index in [1.54, 1.807) is 0 Å². The van der Waals surface area contributed by atoms with Crippen molar-refractivity contribution in [2.45, 2.75) is 37.8 Å². The smallest absolute Gasteiger partial charge is 0.0917 e. The molecule has 4 heteroatoms. The van der Waals surface area contributed by atoms with Crippen LogP contribution in [0.3, 0.4) is 0 Å². The monoisotopic (exact) mass is 327 g/mol. The first-order chi connectivity index (χ1) is 9.20. The van der Waals surface area contributed by atoms with E-state index in [1.807, 2.05) is 24.3 Å². The van der Waals surface area contributed by atoms with Crippen molar-refractivity contribution in [3.63, 3.8) is 0 Å². The largest absolute Gasteiger partial charge is 0.396 e. The van der Waals surface area contributed by atoms with Crippen molar-refractivity contribution in [2.24, 2.45) is 0 Å². The average Bonchev–Trinajstić information content (AvgIpc) is 2.42. The minimum Gasteiger partial charge on any atom is -0.396 e. The van der Waals surface area contributed by atoms with Crippen LogP contribution in [0.15, 0.2) is 28.7 Å². The lowest BCUT2D eigenvalue weighted by atomic mass is 9.98. The van der Waals surface area contributed by atoms with Crippen molar-refractivity contribution in [1.82, 2.24) is 4.90 Å². The summed E-state index contributed by atoms with van der Waals surface area (Å²) in [6.45, 7) is 1.92. The second kappa shape index (κ2) is 7.39. The fourth-order valence-corrected chi connectivity index (χ4v) is 3.05. The Kier molecular flexibility index (Phi) is 5.82. The molecule has 0 spiro atoms. The Morgan fingerprint density at radius 1 is 1.26 bits per heavy atom. The molecule has 0 radical (unpaired) electrons. The van der Waals surface area contributed by atoms with Crippen molar-refractivity contribution < 1.29 is 10.2 Å². The van der Waals surface area contributed by atoms with E-state index in [-0.39, 0.29) is 6.61 Å². The Hall–Kier alpha value is -0.420. The summed E-state index contributed by atoms with van der Waals surface area (Å²) in [6.07, 6.45) is 3.91. The van der Waals surface area contributed by atoms with Crippen LogP contribution in [0.25, 0.3) is 0 Å². The van der Waals surface area contributed by atoms with Gasteiger partial charge in [0.05, 0.1) is 6.10 Å². The van der Waals surface area contributed by atoms with Gasteiger partial charge in [-0.1, -0.05) is 34.5 Å². The average molecular weight is 328 g/mol. The second-order valence-electron chi connectivity index (χ2n) is 5.22. The fraction of sp³-hybridized carbons (Fsp3) is 0.600. The first-order valence-corrected chi connectivity index (χ1v) is 7.78. The van der Waals surface area contributed by atoms with Gasteiger partial charge in [-0.05, 0) is 43.5 Å². The van der Waals surface area contributed by atoms with Gasteiger partial charge in [0, 0.05) is 23.7 Å². The molecule has 2 atom stereocenters. The Balaban J connectivity index is 1.96. The quantitative estimate of drug-likeness (QED) is 0.873. The number of hydrogen-bond donors (Lipinski definition) is 2. The van der Waals surface area contributed by atoms with Gasteiger partial charge in [0.15, 0.2) is 0 Å². The number of aliphatic hydroxyl groups is 2. The van der Waals surface area contributed by atoms with E-state index in [0.29, 0.717) is 12.6 Å². The fourth-order valence-electron chi connectivity index (χ4n) is 2.79. The number of hydrogen-bond acceptors (Lipinski definition) is 3. The summed E-state index contributed by atoms with van der Waals surface area (Å²) in [5.74, 6) is 0. The van der Waals surface area contributed by atoms with E-state index in [2.05, 4.69) is 20.8 Å². The maximum Gasteiger partial charge on any atom is 0.0917 e. The first-order valence-electron chi connectivity index (χ1n) is 6.99. The van der Waals surface area contributed by atoms with Crippen molar-refractivity contribution in [2.75, 3.05) is 19.7 Å². The van der Waals surface area contributed by atoms with Crippen LogP contribution in [0.5, 0.6) is 0 Å². The molecule has 1 aliphatic rings. The van der Waals surface area contributed by atoms with E-state index in [9.17, 15) is 5.11 Å². The highest BCUT2D eigenvalue weighted by Crippen LogP contribution is 2.24. The minimum atomic E-state index is -0.451. The molecular weight excluding hydrogens is 306 g/mol. The SMILES string of the molecule is OCC[C@H]1CCCCN1C[C@@H](O)c1ccc(Br)cc1. The van der Waals surface area contributed by atoms with Gasteiger partial charge in [0.1, 0.15) is 0 Å². The molecule has 1 heterocycles. The van der Waals surface area contributed by atoms with Crippen LogP contribution in [0.2, 0.25) is 0 Å². The van der Waals surface area contributed by atoms with Crippen LogP contribution in [-0.2, 0) is 0 Å². The van der Waals surface area contributed by atoms with Gasteiger partial charge in [-0.25, -0.2) is 0 Å². The molecular formula is C15H22BrNO2. The molecule has 2 rings (SSSR count). The zero-order valence-electron chi connectivity index (χ0n) is 11.1. The van der Waals surface area contributed by atoms with E-state index < -0.39 is 6.10 Å². The summed E-state index contributed by atoms with van der Waals surface area (Å²) in [5, 5.41) is 19.5. The third-order valence-corrected chi connectivity index (χ3v) is 4.40. The van der Waals surface area contributed by atoms with Gasteiger partial charge < -0.3 is 10.2 Å². The lowest BCUT2D eigenvalue weighted by Crippen LogP contribution is -2.42. The van der Waals surface area contributed by atoms with Gasteiger partial charge >= 0.3 is 0 Å². The first kappa shape index (κ1) is 15.0. The molecule has 0 bridgehead atoms. The van der Waals surface area contributed by atoms with Gasteiger partial charge in [0.25, 0.3) is 0 Å². The Morgan fingerprint density at radius 2 is 2.00 bits per heavy atom. The highest BCUT2D eigenvalue weighted by Gasteiger charge is 2.24. The molecule has 106 valence electrons. The van der Waals surface area contributed by atoms with E-state index in [0.717, 1.165) is 29.4 Å². The van der Waals surface area contributed by atoms with Crippen molar-refractivity contribution in [3.05, 3.63) is 34.3 Å². The third-order valence-electron chi connectivity index (χ3n) is 3.87. The molecule has 19 heavy (non-hydrogen) atoms. The molecule has 0 saturated carbocycles. The van der Waals surface area contributed by atoms with Crippen molar-refractivity contribution in [3.8, 4) is 0 Å². The lowest BCUT2D eigenvalue weighted by Gasteiger charge is -2.36. The normalized spacial score (nSPS) is 22.4. The highest BCUT2D eigenvalue weighted by molar-refractivity contribution is 9.10.